The zero-order valence-electron chi connectivity index (χ0n) is 13.2. The lowest BCUT2D eigenvalue weighted by Gasteiger charge is -2.16. The Balaban J connectivity index is 1.90. The van der Waals surface area contributed by atoms with Crippen LogP contribution >= 0.6 is 11.8 Å². The number of rotatable bonds is 8. The number of hydrogen-bond acceptors (Lipinski definition) is 3. The Morgan fingerprint density at radius 3 is 2.71 bits per heavy atom. The molecule has 3 nitrogen and oxygen atoms in total. The van der Waals surface area contributed by atoms with Crippen molar-refractivity contribution in [1.29, 1.82) is 0 Å². The zero-order chi connectivity index (χ0) is 15.1. The minimum absolute atomic E-state index is 0.439. The smallest absolute Gasteiger partial charge is 0.110 e. The summed E-state index contributed by atoms with van der Waals surface area (Å²) in [6.45, 7) is 5.38. The minimum atomic E-state index is 0.439. The fourth-order valence-electron chi connectivity index (χ4n) is 2.27. The maximum atomic E-state index is 4.50. The molecule has 0 bridgehead atoms. The Kier molecular flexibility index (Phi) is 6.33. The zero-order valence-corrected chi connectivity index (χ0v) is 14.0. The van der Waals surface area contributed by atoms with E-state index in [4.69, 9.17) is 0 Å². The van der Waals surface area contributed by atoms with E-state index in [0.717, 1.165) is 25.1 Å². The van der Waals surface area contributed by atoms with Gasteiger partial charge in [0.25, 0.3) is 0 Å². The molecule has 0 saturated carbocycles. The highest BCUT2D eigenvalue weighted by Crippen LogP contribution is 2.20. The second-order valence-electron chi connectivity index (χ2n) is 5.35. The van der Waals surface area contributed by atoms with Gasteiger partial charge in [0.2, 0.25) is 0 Å². The van der Waals surface area contributed by atoms with Crippen molar-refractivity contribution in [3.8, 4) is 0 Å². The van der Waals surface area contributed by atoms with Gasteiger partial charge in [-0.2, -0.15) is 0 Å². The van der Waals surface area contributed by atoms with Gasteiger partial charge in [-0.3, -0.25) is 0 Å². The normalized spacial score (nSPS) is 12.5. The van der Waals surface area contributed by atoms with Crippen LogP contribution < -0.4 is 5.32 Å². The number of aromatic nitrogens is 2. The molecule has 21 heavy (non-hydrogen) atoms. The van der Waals surface area contributed by atoms with E-state index in [0.29, 0.717) is 6.04 Å². The summed E-state index contributed by atoms with van der Waals surface area (Å²) in [7, 11) is 2.04. The molecule has 2 rings (SSSR count). The molecule has 0 aliphatic rings. The van der Waals surface area contributed by atoms with Crippen LogP contribution in [0.3, 0.4) is 0 Å². The van der Waals surface area contributed by atoms with Gasteiger partial charge in [-0.25, -0.2) is 4.98 Å². The van der Waals surface area contributed by atoms with Crippen molar-refractivity contribution < 1.29 is 0 Å². The standard InChI is InChI=1S/C17H25N3S/c1-4-10-20-11-9-19-17(20)12-15(18-3)13-21-16-7-5-14(2)6-8-16/h5-9,11,15,18H,4,10,12-13H2,1-3H3. The Bertz CT molecular complexity index is 533. The Morgan fingerprint density at radius 2 is 2.05 bits per heavy atom. The maximum absolute atomic E-state index is 4.50. The van der Waals surface area contributed by atoms with Crippen LogP contribution in [0.15, 0.2) is 41.6 Å². The lowest BCUT2D eigenvalue weighted by Crippen LogP contribution is -2.31. The van der Waals surface area contributed by atoms with Gasteiger partial charge in [0.05, 0.1) is 0 Å². The monoisotopic (exact) mass is 303 g/mol. The van der Waals surface area contributed by atoms with Crippen LogP contribution in [0.5, 0.6) is 0 Å². The molecule has 4 heteroatoms. The van der Waals surface area contributed by atoms with E-state index >= 15 is 0 Å². The molecule has 0 saturated heterocycles. The van der Waals surface area contributed by atoms with Crippen molar-refractivity contribution in [2.45, 2.75) is 44.2 Å². The van der Waals surface area contributed by atoms with Crippen LogP contribution in [0.1, 0.15) is 24.7 Å². The number of hydrogen-bond donors (Lipinski definition) is 1. The van der Waals surface area contributed by atoms with Crippen molar-refractivity contribution in [1.82, 2.24) is 14.9 Å². The highest BCUT2D eigenvalue weighted by Gasteiger charge is 2.12. The molecule has 114 valence electrons. The average molecular weight is 303 g/mol. The molecule has 1 atom stereocenters. The fraction of sp³-hybridized carbons (Fsp3) is 0.471. The summed E-state index contributed by atoms with van der Waals surface area (Å²) in [6.07, 6.45) is 6.11. The molecule has 0 spiro atoms. The molecule has 0 aliphatic carbocycles. The molecule has 1 aromatic carbocycles. The molecule has 0 fully saturated rings. The first kappa shape index (κ1) is 16.1. The lowest BCUT2D eigenvalue weighted by atomic mass is 10.2. The number of likely N-dealkylation sites (N-methyl/N-ethyl adjacent to an activating group) is 1. The van der Waals surface area contributed by atoms with E-state index in [-0.39, 0.29) is 0 Å². The Labute approximate surface area is 132 Å². The van der Waals surface area contributed by atoms with E-state index in [9.17, 15) is 0 Å². The number of aryl methyl sites for hydroxylation is 2. The molecular formula is C17H25N3S. The Morgan fingerprint density at radius 1 is 1.29 bits per heavy atom. The number of thioether (sulfide) groups is 1. The number of imidazole rings is 1. The molecule has 1 unspecified atom stereocenters. The van der Waals surface area contributed by atoms with Crippen LogP contribution in [0, 0.1) is 6.92 Å². The predicted molar refractivity (Wildman–Crippen MR) is 91.0 cm³/mol. The highest BCUT2D eigenvalue weighted by molar-refractivity contribution is 7.99. The maximum Gasteiger partial charge on any atom is 0.110 e. The predicted octanol–water partition coefficient (Wildman–Crippen LogP) is 3.52. The van der Waals surface area contributed by atoms with Crippen molar-refractivity contribution in [2.75, 3.05) is 12.8 Å². The van der Waals surface area contributed by atoms with Gasteiger partial charge in [-0.1, -0.05) is 24.6 Å². The van der Waals surface area contributed by atoms with Crippen LogP contribution in [-0.4, -0.2) is 28.4 Å². The van der Waals surface area contributed by atoms with Gasteiger partial charge in [0.15, 0.2) is 0 Å². The van der Waals surface area contributed by atoms with Crippen molar-refractivity contribution in [3.05, 3.63) is 48.0 Å². The largest absolute Gasteiger partial charge is 0.335 e. The minimum Gasteiger partial charge on any atom is -0.335 e. The number of nitrogens with one attached hydrogen (secondary N) is 1. The van der Waals surface area contributed by atoms with Crippen LogP contribution in [0.4, 0.5) is 0 Å². The number of benzene rings is 1. The Hall–Kier alpha value is -1.26. The third-order valence-electron chi connectivity index (χ3n) is 3.58. The van der Waals surface area contributed by atoms with Gasteiger partial charge >= 0.3 is 0 Å². The van der Waals surface area contributed by atoms with E-state index in [2.05, 4.69) is 59.2 Å². The SMILES string of the molecule is CCCn1ccnc1CC(CSc1ccc(C)cc1)NC. The summed E-state index contributed by atoms with van der Waals surface area (Å²) in [5.74, 6) is 2.24. The lowest BCUT2D eigenvalue weighted by molar-refractivity contribution is 0.560. The van der Waals surface area contributed by atoms with E-state index in [1.807, 2.05) is 25.0 Å². The van der Waals surface area contributed by atoms with Crippen molar-refractivity contribution >= 4 is 11.8 Å². The first-order chi connectivity index (χ1) is 10.2. The highest BCUT2D eigenvalue weighted by atomic mass is 32.2. The van der Waals surface area contributed by atoms with E-state index in [1.165, 1.54) is 16.3 Å². The average Bonchev–Trinajstić information content (AvgIpc) is 2.92. The quantitative estimate of drug-likeness (QED) is 0.757. The molecule has 2 aromatic rings. The van der Waals surface area contributed by atoms with Gasteiger partial charge in [-0.15, -0.1) is 11.8 Å². The van der Waals surface area contributed by atoms with Crippen molar-refractivity contribution in [3.63, 3.8) is 0 Å². The van der Waals surface area contributed by atoms with Crippen molar-refractivity contribution in [2.24, 2.45) is 0 Å². The molecule has 1 heterocycles. The summed E-state index contributed by atoms with van der Waals surface area (Å²) >= 11 is 1.90. The molecular weight excluding hydrogens is 278 g/mol. The third kappa shape index (κ3) is 4.90. The van der Waals surface area contributed by atoms with E-state index in [1.54, 1.807) is 0 Å². The summed E-state index contributed by atoms with van der Waals surface area (Å²) in [4.78, 5) is 5.83. The first-order valence-electron chi connectivity index (χ1n) is 7.59. The fourth-order valence-corrected chi connectivity index (χ4v) is 3.28. The summed E-state index contributed by atoms with van der Waals surface area (Å²) in [5.41, 5.74) is 1.31. The van der Waals surface area contributed by atoms with Gasteiger partial charge in [0, 0.05) is 42.0 Å². The third-order valence-corrected chi connectivity index (χ3v) is 4.75. The summed E-state index contributed by atoms with van der Waals surface area (Å²) in [5, 5.41) is 3.42. The molecule has 0 amide bonds. The van der Waals surface area contributed by atoms with Crippen LogP contribution in [0.25, 0.3) is 0 Å². The van der Waals surface area contributed by atoms with Gasteiger partial charge in [0.1, 0.15) is 5.82 Å². The number of nitrogens with zero attached hydrogens (tertiary/aromatic N) is 2. The van der Waals surface area contributed by atoms with Crippen LogP contribution in [-0.2, 0) is 13.0 Å². The van der Waals surface area contributed by atoms with E-state index < -0.39 is 0 Å². The molecule has 0 radical (unpaired) electrons. The molecule has 1 aromatic heterocycles. The molecule has 1 N–H and O–H groups in total. The van der Waals surface area contributed by atoms with Gasteiger partial charge in [-0.05, 0) is 32.5 Å². The summed E-state index contributed by atoms with van der Waals surface area (Å²) in [6, 6.07) is 9.18. The van der Waals surface area contributed by atoms with Gasteiger partial charge < -0.3 is 9.88 Å². The van der Waals surface area contributed by atoms with Crippen LogP contribution in [0.2, 0.25) is 0 Å². The second kappa shape index (κ2) is 8.25. The topological polar surface area (TPSA) is 29.9 Å². The first-order valence-corrected chi connectivity index (χ1v) is 8.58. The summed E-state index contributed by atoms with van der Waals surface area (Å²) < 4.78 is 2.26. The molecule has 0 aliphatic heterocycles. The second-order valence-corrected chi connectivity index (χ2v) is 6.44.